The molecule has 2 N–H and O–H groups in total. The van der Waals surface area contributed by atoms with Gasteiger partial charge in [0.2, 0.25) is 0 Å². The number of ether oxygens (including phenoxy) is 3. The van der Waals surface area contributed by atoms with Crippen molar-refractivity contribution in [1.29, 1.82) is 0 Å². The van der Waals surface area contributed by atoms with Gasteiger partial charge in [0.25, 0.3) is 0 Å². The SMILES string of the molecule is CCOC(=O)C(N)c1cccc(OC)c1OC. The Morgan fingerprint density at radius 2 is 2.06 bits per heavy atom. The second kappa shape index (κ2) is 6.10. The van der Waals surface area contributed by atoms with E-state index in [2.05, 4.69) is 0 Å². The molecule has 0 fully saturated rings. The number of benzene rings is 1. The molecule has 0 saturated heterocycles. The number of hydrogen-bond donors (Lipinski definition) is 1. The van der Waals surface area contributed by atoms with Crippen molar-refractivity contribution in [2.24, 2.45) is 5.73 Å². The van der Waals surface area contributed by atoms with Gasteiger partial charge in [0.1, 0.15) is 6.04 Å². The van der Waals surface area contributed by atoms with Crippen molar-refractivity contribution in [2.75, 3.05) is 20.8 Å². The molecule has 0 aliphatic heterocycles. The summed E-state index contributed by atoms with van der Waals surface area (Å²) in [5, 5.41) is 0. The van der Waals surface area contributed by atoms with Crippen LogP contribution < -0.4 is 15.2 Å². The number of para-hydroxylation sites is 1. The maximum absolute atomic E-state index is 11.6. The molecule has 1 aromatic carbocycles. The highest BCUT2D eigenvalue weighted by molar-refractivity contribution is 5.79. The Bertz CT molecular complexity index is 392. The van der Waals surface area contributed by atoms with Gasteiger partial charge in [0.05, 0.1) is 20.8 Å². The van der Waals surface area contributed by atoms with Gasteiger partial charge in [-0.05, 0) is 13.0 Å². The van der Waals surface area contributed by atoms with Crippen LogP contribution in [0.3, 0.4) is 0 Å². The number of carbonyl (C=O) groups is 1. The second-order valence-corrected chi connectivity index (χ2v) is 3.31. The maximum atomic E-state index is 11.6. The first kappa shape index (κ1) is 13.3. The van der Waals surface area contributed by atoms with E-state index in [1.165, 1.54) is 14.2 Å². The molecule has 1 rings (SSSR count). The van der Waals surface area contributed by atoms with Gasteiger partial charge in [-0.1, -0.05) is 12.1 Å². The predicted octanol–water partition coefficient (Wildman–Crippen LogP) is 1.27. The molecule has 0 aromatic heterocycles. The molecular weight excluding hydrogens is 222 g/mol. The Kier molecular flexibility index (Phi) is 4.78. The van der Waals surface area contributed by atoms with E-state index >= 15 is 0 Å². The number of rotatable bonds is 5. The summed E-state index contributed by atoms with van der Waals surface area (Å²) in [6.45, 7) is 2.02. The lowest BCUT2D eigenvalue weighted by molar-refractivity contribution is -0.144. The maximum Gasteiger partial charge on any atom is 0.327 e. The Hall–Kier alpha value is -1.75. The molecule has 0 amide bonds. The van der Waals surface area contributed by atoms with Crippen LogP contribution in [-0.4, -0.2) is 26.8 Å². The molecule has 0 heterocycles. The molecule has 17 heavy (non-hydrogen) atoms. The van der Waals surface area contributed by atoms with Gasteiger partial charge in [0, 0.05) is 5.56 Å². The van der Waals surface area contributed by atoms with E-state index in [-0.39, 0.29) is 0 Å². The normalized spacial score (nSPS) is 11.8. The van der Waals surface area contributed by atoms with Crippen molar-refractivity contribution in [3.05, 3.63) is 23.8 Å². The summed E-state index contributed by atoms with van der Waals surface area (Å²) in [6, 6.07) is 4.32. The Labute approximate surface area is 100 Å². The van der Waals surface area contributed by atoms with E-state index in [4.69, 9.17) is 19.9 Å². The quantitative estimate of drug-likeness (QED) is 0.783. The van der Waals surface area contributed by atoms with Crippen LogP contribution in [0.5, 0.6) is 11.5 Å². The minimum Gasteiger partial charge on any atom is -0.493 e. The first-order valence-electron chi connectivity index (χ1n) is 5.28. The van der Waals surface area contributed by atoms with Crippen LogP contribution in [0.4, 0.5) is 0 Å². The average Bonchev–Trinajstić information content (AvgIpc) is 2.36. The van der Waals surface area contributed by atoms with Gasteiger partial charge < -0.3 is 19.9 Å². The monoisotopic (exact) mass is 239 g/mol. The number of hydrogen-bond acceptors (Lipinski definition) is 5. The van der Waals surface area contributed by atoms with Gasteiger partial charge in [-0.15, -0.1) is 0 Å². The van der Waals surface area contributed by atoms with Crippen molar-refractivity contribution in [3.63, 3.8) is 0 Å². The first-order chi connectivity index (χ1) is 8.15. The van der Waals surface area contributed by atoms with Gasteiger partial charge in [-0.3, -0.25) is 0 Å². The van der Waals surface area contributed by atoms with Crippen LogP contribution in [-0.2, 0) is 9.53 Å². The Morgan fingerprint density at radius 1 is 1.35 bits per heavy atom. The standard InChI is InChI=1S/C12H17NO4/c1-4-17-12(14)10(13)8-6-5-7-9(15-2)11(8)16-3/h5-7,10H,4,13H2,1-3H3. The number of methoxy groups -OCH3 is 2. The summed E-state index contributed by atoms with van der Waals surface area (Å²) in [5.41, 5.74) is 6.36. The van der Waals surface area contributed by atoms with Crippen LogP contribution in [0.25, 0.3) is 0 Å². The van der Waals surface area contributed by atoms with Gasteiger partial charge >= 0.3 is 5.97 Å². The fourth-order valence-electron chi connectivity index (χ4n) is 1.52. The van der Waals surface area contributed by atoms with Crippen LogP contribution >= 0.6 is 0 Å². The number of esters is 1. The third-order valence-corrected chi connectivity index (χ3v) is 2.31. The smallest absolute Gasteiger partial charge is 0.327 e. The topological polar surface area (TPSA) is 70.8 Å². The third kappa shape index (κ3) is 2.88. The summed E-state index contributed by atoms with van der Waals surface area (Å²) in [5.74, 6) is 0.499. The highest BCUT2D eigenvalue weighted by Gasteiger charge is 2.22. The fraction of sp³-hybridized carbons (Fsp3) is 0.417. The number of carbonyl (C=O) groups excluding carboxylic acids is 1. The number of nitrogens with two attached hydrogens (primary N) is 1. The first-order valence-corrected chi connectivity index (χ1v) is 5.28. The van der Waals surface area contributed by atoms with Crippen molar-refractivity contribution in [2.45, 2.75) is 13.0 Å². The lowest BCUT2D eigenvalue weighted by Crippen LogP contribution is -2.24. The van der Waals surface area contributed by atoms with E-state index in [1.807, 2.05) is 0 Å². The summed E-state index contributed by atoms with van der Waals surface area (Å²) in [7, 11) is 3.02. The molecule has 1 unspecified atom stereocenters. The lowest BCUT2D eigenvalue weighted by atomic mass is 10.1. The Balaban J connectivity index is 3.08. The van der Waals surface area contributed by atoms with E-state index in [0.29, 0.717) is 23.7 Å². The van der Waals surface area contributed by atoms with Crippen molar-refractivity contribution in [3.8, 4) is 11.5 Å². The van der Waals surface area contributed by atoms with Gasteiger partial charge in [-0.25, -0.2) is 4.79 Å². The zero-order valence-corrected chi connectivity index (χ0v) is 10.2. The van der Waals surface area contributed by atoms with E-state index in [9.17, 15) is 4.79 Å². The molecule has 0 aliphatic rings. The van der Waals surface area contributed by atoms with Crippen LogP contribution in [0.15, 0.2) is 18.2 Å². The second-order valence-electron chi connectivity index (χ2n) is 3.31. The molecule has 1 atom stereocenters. The minimum atomic E-state index is -0.875. The van der Waals surface area contributed by atoms with Crippen molar-refractivity contribution >= 4 is 5.97 Å². The summed E-state index contributed by atoms with van der Waals surface area (Å²) < 4.78 is 15.2. The lowest BCUT2D eigenvalue weighted by Gasteiger charge is -2.16. The highest BCUT2D eigenvalue weighted by atomic mass is 16.5. The van der Waals surface area contributed by atoms with Crippen molar-refractivity contribution in [1.82, 2.24) is 0 Å². The van der Waals surface area contributed by atoms with Gasteiger partial charge in [0.15, 0.2) is 11.5 Å². The predicted molar refractivity (Wildman–Crippen MR) is 63.1 cm³/mol. The van der Waals surface area contributed by atoms with Crippen molar-refractivity contribution < 1.29 is 19.0 Å². The molecule has 5 nitrogen and oxygen atoms in total. The van der Waals surface area contributed by atoms with Gasteiger partial charge in [-0.2, -0.15) is 0 Å². The van der Waals surface area contributed by atoms with E-state index in [0.717, 1.165) is 0 Å². The van der Waals surface area contributed by atoms with Crippen LogP contribution in [0.2, 0.25) is 0 Å². The molecule has 1 aromatic rings. The van der Waals surface area contributed by atoms with E-state index in [1.54, 1.807) is 25.1 Å². The molecule has 0 radical (unpaired) electrons. The Morgan fingerprint density at radius 3 is 2.59 bits per heavy atom. The summed E-state index contributed by atoms with van der Waals surface area (Å²) in [6.07, 6.45) is 0. The van der Waals surface area contributed by atoms with E-state index < -0.39 is 12.0 Å². The minimum absolute atomic E-state index is 0.290. The molecule has 5 heteroatoms. The zero-order chi connectivity index (χ0) is 12.8. The highest BCUT2D eigenvalue weighted by Crippen LogP contribution is 2.34. The van der Waals surface area contributed by atoms with Crippen LogP contribution in [0.1, 0.15) is 18.5 Å². The molecule has 94 valence electrons. The third-order valence-electron chi connectivity index (χ3n) is 2.31. The molecule has 0 saturated carbocycles. The summed E-state index contributed by atoms with van der Waals surface area (Å²) >= 11 is 0. The molecule has 0 bridgehead atoms. The molecule has 0 spiro atoms. The molecular formula is C12H17NO4. The largest absolute Gasteiger partial charge is 0.493 e. The molecule has 0 aliphatic carbocycles. The summed E-state index contributed by atoms with van der Waals surface area (Å²) in [4.78, 5) is 11.6. The average molecular weight is 239 g/mol. The van der Waals surface area contributed by atoms with Crippen LogP contribution in [0, 0.1) is 0 Å². The zero-order valence-electron chi connectivity index (χ0n) is 10.2. The fourth-order valence-corrected chi connectivity index (χ4v) is 1.52.